The highest BCUT2D eigenvalue weighted by atomic mass is 32.2. The predicted octanol–water partition coefficient (Wildman–Crippen LogP) is 4.27. The van der Waals surface area contributed by atoms with Gasteiger partial charge >= 0.3 is 5.97 Å². The molecule has 0 saturated carbocycles. The fraction of sp³-hybridized carbons (Fsp3) is 0.542. The van der Waals surface area contributed by atoms with Crippen molar-refractivity contribution in [1.29, 1.82) is 0 Å². The number of β-lactam (4-membered cyclic amide) rings is 1. The number of hydrogen-bond donors (Lipinski definition) is 1. The largest absolute Gasteiger partial charge is 0.457 e. The number of aromatic nitrogens is 1. The van der Waals surface area contributed by atoms with Gasteiger partial charge in [-0.1, -0.05) is 37.4 Å². The quantitative estimate of drug-likeness (QED) is 0.226. The van der Waals surface area contributed by atoms with Crippen LogP contribution in [-0.4, -0.2) is 61.4 Å². The molecule has 5 atom stereocenters. The zero-order valence-electron chi connectivity index (χ0n) is 20.6. The molecular weight excluding hydrogens is 487 g/mol. The average Bonchev–Trinajstić information content (AvgIpc) is 3.43. The molecule has 0 bridgehead atoms. The molecule has 1 fully saturated rings. The number of carbonyl (C=O) groups is 2. The number of nitrogens with zero attached hydrogens (tertiary/aromatic N) is 2. The number of amides is 1. The molecule has 1 aromatic heterocycles. The van der Waals surface area contributed by atoms with Crippen LogP contribution in [-0.2, 0) is 18.8 Å². The molecule has 0 aromatic carbocycles. The number of thiazole rings is 1. The summed E-state index contributed by atoms with van der Waals surface area (Å²) in [7, 11) is -1.82. The summed E-state index contributed by atoms with van der Waals surface area (Å²) in [5, 5.41) is 5.44. The van der Waals surface area contributed by atoms with Crippen LogP contribution in [0.3, 0.4) is 0 Å². The second-order valence-corrected chi connectivity index (χ2v) is 16.6. The lowest BCUT2D eigenvalue weighted by molar-refractivity contribution is -0.163. The van der Waals surface area contributed by atoms with Gasteiger partial charge in [0.05, 0.1) is 23.8 Å². The van der Waals surface area contributed by atoms with Crippen LogP contribution < -0.4 is 5.32 Å². The molecule has 0 unspecified atom stereocenters. The van der Waals surface area contributed by atoms with Crippen molar-refractivity contribution in [2.24, 2.45) is 11.8 Å². The van der Waals surface area contributed by atoms with Crippen LogP contribution in [0, 0.1) is 11.8 Å². The van der Waals surface area contributed by atoms with Crippen LogP contribution in [0.15, 0.2) is 39.1 Å². The first kappa shape index (κ1) is 25.4. The third-order valence-electron chi connectivity index (χ3n) is 6.23. The van der Waals surface area contributed by atoms with Crippen molar-refractivity contribution in [3.63, 3.8) is 0 Å². The van der Waals surface area contributed by atoms with Crippen molar-refractivity contribution in [3.8, 4) is 0 Å². The predicted molar refractivity (Wildman–Crippen MR) is 139 cm³/mol. The van der Waals surface area contributed by atoms with E-state index in [9.17, 15) is 9.59 Å². The van der Waals surface area contributed by atoms with Gasteiger partial charge in [-0.25, -0.2) is 9.78 Å². The van der Waals surface area contributed by atoms with Crippen molar-refractivity contribution in [3.05, 3.63) is 40.4 Å². The molecule has 10 heteroatoms. The van der Waals surface area contributed by atoms with E-state index in [2.05, 4.69) is 56.8 Å². The molecule has 0 radical (unpaired) electrons. The number of nitrogens with one attached hydrogen (secondary N) is 1. The Morgan fingerprint density at radius 1 is 1.44 bits per heavy atom. The molecular formula is C24H33N3O4S2Si. The summed E-state index contributed by atoms with van der Waals surface area (Å²) in [6.07, 6.45) is 3.52. The van der Waals surface area contributed by atoms with Crippen molar-refractivity contribution in [2.75, 3.05) is 13.2 Å². The minimum atomic E-state index is -1.82. The average molecular weight is 520 g/mol. The molecule has 4 rings (SSSR count). The number of esters is 1. The van der Waals surface area contributed by atoms with Crippen LogP contribution in [0.4, 0.5) is 0 Å². The van der Waals surface area contributed by atoms with Gasteiger partial charge in [0.1, 0.15) is 12.3 Å². The highest BCUT2D eigenvalue weighted by molar-refractivity contribution is 8.04. The van der Waals surface area contributed by atoms with E-state index in [0.29, 0.717) is 11.7 Å². The zero-order valence-corrected chi connectivity index (χ0v) is 23.2. The van der Waals surface area contributed by atoms with Crippen LogP contribution in [0.25, 0.3) is 5.57 Å². The fourth-order valence-electron chi connectivity index (χ4n) is 4.88. The van der Waals surface area contributed by atoms with E-state index in [1.807, 2.05) is 6.92 Å². The Morgan fingerprint density at radius 2 is 2.18 bits per heavy atom. The zero-order chi connectivity index (χ0) is 24.8. The van der Waals surface area contributed by atoms with E-state index in [4.69, 9.17) is 14.1 Å². The van der Waals surface area contributed by atoms with Crippen LogP contribution in [0.1, 0.15) is 26.5 Å². The van der Waals surface area contributed by atoms with Gasteiger partial charge < -0.3 is 19.4 Å². The van der Waals surface area contributed by atoms with Crippen LogP contribution in [0.5, 0.6) is 0 Å². The molecule has 4 heterocycles. The van der Waals surface area contributed by atoms with Gasteiger partial charge in [-0.05, 0) is 39.1 Å². The summed E-state index contributed by atoms with van der Waals surface area (Å²) in [5.41, 5.74) is 2.49. The second kappa shape index (κ2) is 9.73. The highest BCUT2D eigenvalue weighted by Crippen LogP contribution is 2.53. The number of hydrogen-bond acceptors (Lipinski definition) is 8. The lowest BCUT2D eigenvalue weighted by Gasteiger charge is -2.48. The third kappa shape index (κ3) is 4.83. The van der Waals surface area contributed by atoms with E-state index in [0.717, 1.165) is 21.5 Å². The van der Waals surface area contributed by atoms with Gasteiger partial charge in [0, 0.05) is 28.8 Å². The second-order valence-electron chi connectivity index (χ2n) is 10.0. The Kier molecular flexibility index (Phi) is 7.26. The molecule has 1 amide bonds. The van der Waals surface area contributed by atoms with Gasteiger partial charge in [-0.15, -0.1) is 11.3 Å². The monoisotopic (exact) mass is 519 g/mol. The Morgan fingerprint density at radius 3 is 2.79 bits per heavy atom. The van der Waals surface area contributed by atoms with Gasteiger partial charge in [0.15, 0.2) is 12.7 Å². The molecule has 1 saturated heterocycles. The number of thioether (sulfide) groups is 1. The van der Waals surface area contributed by atoms with Gasteiger partial charge in [0.25, 0.3) is 0 Å². The first-order chi connectivity index (χ1) is 16.0. The summed E-state index contributed by atoms with van der Waals surface area (Å²) in [4.78, 5) is 33.6. The van der Waals surface area contributed by atoms with Crippen LogP contribution >= 0.6 is 23.1 Å². The molecule has 34 heavy (non-hydrogen) atoms. The summed E-state index contributed by atoms with van der Waals surface area (Å²) in [6.45, 7) is 17.1. The third-order valence-corrected chi connectivity index (χ3v) is 9.54. The molecule has 3 aliphatic heterocycles. The first-order valence-corrected chi connectivity index (χ1v) is 16.7. The number of carbonyl (C=O) groups excluding carboxylic acids is 2. The highest BCUT2D eigenvalue weighted by Gasteiger charge is 2.61. The van der Waals surface area contributed by atoms with Gasteiger partial charge in [-0.3, -0.25) is 4.79 Å². The lowest BCUT2D eigenvalue weighted by Crippen LogP contribution is -2.64. The topological polar surface area (TPSA) is 80.8 Å². The maximum atomic E-state index is 13.3. The SMILES string of the molecule is C=CCOC(=O)C1=C(Sc2nc(C3=C[C@@H](C)NC3)cs2)[C@H](C)[C@@H]2[C@@H]([C@@H](C)O[Si](C)(C)C)C(=O)N12. The smallest absolute Gasteiger partial charge is 0.356 e. The lowest BCUT2D eigenvalue weighted by atomic mass is 9.79. The maximum absolute atomic E-state index is 13.3. The van der Waals surface area contributed by atoms with Crippen molar-refractivity contribution >= 4 is 48.9 Å². The summed E-state index contributed by atoms with van der Waals surface area (Å²) >= 11 is 3.03. The molecule has 1 N–H and O–H groups in total. The van der Waals surface area contributed by atoms with Crippen molar-refractivity contribution in [2.45, 2.75) is 62.9 Å². The summed E-state index contributed by atoms with van der Waals surface area (Å²) in [6, 6.07) is 0.220. The molecule has 0 aliphatic carbocycles. The Hall–Kier alpha value is -1.72. The summed E-state index contributed by atoms with van der Waals surface area (Å²) in [5.74, 6) is -0.855. The van der Waals surface area contributed by atoms with E-state index >= 15 is 0 Å². The number of ether oxygens (including phenoxy) is 1. The molecule has 3 aliphatic rings. The Labute approximate surface area is 210 Å². The van der Waals surface area contributed by atoms with Crippen molar-refractivity contribution in [1.82, 2.24) is 15.2 Å². The Bertz CT molecular complexity index is 1060. The first-order valence-electron chi connectivity index (χ1n) is 11.6. The van der Waals surface area contributed by atoms with Crippen molar-refractivity contribution < 1.29 is 18.8 Å². The fourth-order valence-corrected chi connectivity index (χ4v) is 8.25. The van der Waals surface area contributed by atoms with Gasteiger partial charge in [0.2, 0.25) is 5.91 Å². The minimum absolute atomic E-state index is 0.0219. The Balaban J connectivity index is 1.61. The summed E-state index contributed by atoms with van der Waals surface area (Å²) < 4.78 is 12.5. The molecule has 0 spiro atoms. The minimum Gasteiger partial charge on any atom is -0.457 e. The molecule has 1 aromatic rings. The van der Waals surface area contributed by atoms with Gasteiger partial charge in [-0.2, -0.15) is 0 Å². The number of fused-ring (bicyclic) bond motifs is 1. The maximum Gasteiger partial charge on any atom is 0.356 e. The molecule has 7 nitrogen and oxygen atoms in total. The normalized spacial score (nSPS) is 27.4. The van der Waals surface area contributed by atoms with E-state index < -0.39 is 14.3 Å². The standard InChI is InChI=1S/C24H33N3O4S2Si/c1-8-9-30-23(29)20-21(33-24-26-17(12-32-24)16-10-13(2)25-11-16)14(3)19-18(22(28)27(19)20)15(4)31-34(5,6)7/h8,10,12-15,18-19,25H,1,9,11H2,2-7H3/t13-,14-,15-,18-,19-/m1/s1. The number of rotatable bonds is 9. The molecule has 184 valence electrons. The van der Waals surface area contributed by atoms with E-state index in [1.165, 1.54) is 23.4 Å². The van der Waals surface area contributed by atoms with E-state index in [1.54, 1.807) is 16.2 Å². The van der Waals surface area contributed by atoms with Crippen LogP contribution in [0.2, 0.25) is 19.6 Å². The van der Waals surface area contributed by atoms with E-state index in [-0.39, 0.29) is 36.5 Å².